The number of rotatable bonds is 7. The lowest BCUT2D eigenvalue weighted by Gasteiger charge is -2.15. The highest BCUT2D eigenvalue weighted by atomic mass is 32.2. The standard InChI is InChI=1S/C25H27NOS/c1-4-20-7-11-22(12-8-20)19(3)26-25(27)23-13-9-21(10-14-23)17-28-24-15-5-18(2)6-16-24/h5-16,19H,4,17H2,1-3H3,(H,26,27)/t19-/m1/s1. The first-order chi connectivity index (χ1) is 13.5. The number of carbonyl (C=O) groups excluding carboxylic acids is 1. The Bertz CT molecular complexity index is 899. The second-order valence-corrected chi connectivity index (χ2v) is 8.14. The van der Waals surface area contributed by atoms with Crippen molar-refractivity contribution in [1.29, 1.82) is 0 Å². The van der Waals surface area contributed by atoms with E-state index in [2.05, 4.69) is 67.7 Å². The molecule has 144 valence electrons. The summed E-state index contributed by atoms with van der Waals surface area (Å²) < 4.78 is 0. The smallest absolute Gasteiger partial charge is 0.251 e. The van der Waals surface area contributed by atoms with E-state index in [1.165, 1.54) is 21.6 Å². The van der Waals surface area contributed by atoms with Gasteiger partial charge in [0, 0.05) is 16.2 Å². The molecule has 1 N–H and O–H groups in total. The molecule has 0 aliphatic heterocycles. The van der Waals surface area contributed by atoms with Crippen molar-refractivity contribution in [3.05, 3.63) is 101 Å². The summed E-state index contributed by atoms with van der Waals surface area (Å²) in [7, 11) is 0. The van der Waals surface area contributed by atoms with Crippen LogP contribution in [0, 0.1) is 6.92 Å². The van der Waals surface area contributed by atoms with E-state index in [-0.39, 0.29) is 11.9 Å². The summed E-state index contributed by atoms with van der Waals surface area (Å²) in [5.41, 5.74) is 5.61. The fourth-order valence-corrected chi connectivity index (χ4v) is 3.81. The van der Waals surface area contributed by atoms with Gasteiger partial charge in [-0.1, -0.05) is 61.0 Å². The monoisotopic (exact) mass is 389 g/mol. The lowest BCUT2D eigenvalue weighted by molar-refractivity contribution is 0.0940. The van der Waals surface area contributed by atoms with Gasteiger partial charge in [0.05, 0.1) is 6.04 Å². The number of hydrogen-bond donors (Lipinski definition) is 1. The molecule has 0 saturated carbocycles. The third-order valence-corrected chi connectivity index (χ3v) is 5.96. The van der Waals surface area contributed by atoms with Gasteiger partial charge in [0.25, 0.3) is 5.91 Å². The summed E-state index contributed by atoms with van der Waals surface area (Å²) in [4.78, 5) is 13.8. The lowest BCUT2D eigenvalue weighted by Crippen LogP contribution is -2.26. The molecule has 0 fully saturated rings. The van der Waals surface area contributed by atoms with E-state index in [0.29, 0.717) is 5.56 Å². The zero-order valence-corrected chi connectivity index (χ0v) is 17.6. The van der Waals surface area contributed by atoms with Crippen molar-refractivity contribution in [2.24, 2.45) is 0 Å². The highest BCUT2D eigenvalue weighted by molar-refractivity contribution is 7.98. The topological polar surface area (TPSA) is 29.1 Å². The summed E-state index contributed by atoms with van der Waals surface area (Å²) in [5, 5.41) is 3.09. The largest absolute Gasteiger partial charge is 0.346 e. The van der Waals surface area contributed by atoms with Crippen LogP contribution in [0.15, 0.2) is 77.7 Å². The van der Waals surface area contributed by atoms with E-state index in [1.807, 2.05) is 31.2 Å². The molecule has 0 radical (unpaired) electrons. The summed E-state index contributed by atoms with van der Waals surface area (Å²) >= 11 is 1.81. The molecule has 0 unspecified atom stereocenters. The lowest BCUT2D eigenvalue weighted by atomic mass is 10.0. The highest BCUT2D eigenvalue weighted by Crippen LogP contribution is 2.23. The SMILES string of the molecule is CCc1ccc([C@@H](C)NC(=O)c2ccc(CSc3ccc(C)cc3)cc2)cc1. The predicted molar refractivity (Wildman–Crippen MR) is 119 cm³/mol. The molecule has 3 aromatic carbocycles. The van der Waals surface area contributed by atoms with E-state index in [9.17, 15) is 4.79 Å². The average Bonchev–Trinajstić information content (AvgIpc) is 2.73. The van der Waals surface area contributed by atoms with Crippen LogP contribution in [0.2, 0.25) is 0 Å². The maximum atomic E-state index is 12.6. The molecule has 1 amide bonds. The first-order valence-corrected chi connectivity index (χ1v) is 10.7. The number of benzene rings is 3. The van der Waals surface area contributed by atoms with Gasteiger partial charge in [-0.05, 0) is 61.2 Å². The fraction of sp³-hybridized carbons (Fsp3) is 0.240. The van der Waals surface area contributed by atoms with E-state index >= 15 is 0 Å². The maximum absolute atomic E-state index is 12.6. The molecular weight excluding hydrogens is 362 g/mol. The zero-order valence-electron chi connectivity index (χ0n) is 16.7. The molecule has 2 nitrogen and oxygen atoms in total. The normalized spacial score (nSPS) is 11.8. The second-order valence-electron chi connectivity index (χ2n) is 7.09. The summed E-state index contributed by atoms with van der Waals surface area (Å²) in [6, 6.07) is 24.9. The molecule has 1 atom stereocenters. The quantitative estimate of drug-likeness (QED) is 0.478. The molecule has 0 saturated heterocycles. The Hall–Kier alpha value is -2.52. The minimum absolute atomic E-state index is 0.0184. The molecule has 0 spiro atoms. The molecule has 28 heavy (non-hydrogen) atoms. The molecule has 0 bridgehead atoms. The number of aryl methyl sites for hydroxylation is 2. The number of thioether (sulfide) groups is 1. The Labute approximate surface area is 172 Å². The fourth-order valence-electron chi connectivity index (χ4n) is 2.96. The maximum Gasteiger partial charge on any atom is 0.251 e. The third-order valence-electron chi connectivity index (χ3n) is 4.88. The van der Waals surface area contributed by atoms with Crippen LogP contribution < -0.4 is 5.32 Å². The van der Waals surface area contributed by atoms with Crippen LogP contribution in [0.3, 0.4) is 0 Å². The van der Waals surface area contributed by atoms with Gasteiger partial charge in [-0.15, -0.1) is 11.8 Å². The highest BCUT2D eigenvalue weighted by Gasteiger charge is 2.11. The third kappa shape index (κ3) is 5.49. The van der Waals surface area contributed by atoms with Gasteiger partial charge in [0.2, 0.25) is 0 Å². The van der Waals surface area contributed by atoms with E-state index in [4.69, 9.17) is 0 Å². The van der Waals surface area contributed by atoms with Gasteiger partial charge in [-0.25, -0.2) is 0 Å². The molecular formula is C25H27NOS. The predicted octanol–water partition coefficient (Wildman–Crippen LogP) is 6.34. The van der Waals surface area contributed by atoms with Crippen molar-refractivity contribution in [2.45, 2.75) is 43.9 Å². The molecule has 3 heteroatoms. The van der Waals surface area contributed by atoms with Crippen LogP contribution in [-0.2, 0) is 12.2 Å². The van der Waals surface area contributed by atoms with Crippen molar-refractivity contribution in [2.75, 3.05) is 0 Å². The second kappa shape index (κ2) is 9.61. The van der Waals surface area contributed by atoms with Gasteiger partial charge >= 0.3 is 0 Å². The van der Waals surface area contributed by atoms with Crippen LogP contribution in [-0.4, -0.2) is 5.91 Å². The first kappa shape index (κ1) is 20.2. The zero-order chi connectivity index (χ0) is 19.9. The number of nitrogens with one attached hydrogen (secondary N) is 1. The molecule has 0 heterocycles. The van der Waals surface area contributed by atoms with Crippen LogP contribution in [0.5, 0.6) is 0 Å². The van der Waals surface area contributed by atoms with Crippen LogP contribution in [0.4, 0.5) is 0 Å². The van der Waals surface area contributed by atoms with E-state index in [1.54, 1.807) is 11.8 Å². The van der Waals surface area contributed by atoms with Crippen molar-refractivity contribution in [1.82, 2.24) is 5.32 Å². The Kier molecular flexibility index (Phi) is 6.94. The van der Waals surface area contributed by atoms with E-state index < -0.39 is 0 Å². The molecule has 0 aromatic heterocycles. The van der Waals surface area contributed by atoms with Gasteiger partial charge in [-0.2, -0.15) is 0 Å². The van der Waals surface area contributed by atoms with Gasteiger partial charge in [0.1, 0.15) is 0 Å². The minimum Gasteiger partial charge on any atom is -0.346 e. The molecule has 3 aromatic rings. The Morgan fingerprint density at radius 2 is 1.50 bits per heavy atom. The first-order valence-electron chi connectivity index (χ1n) is 9.73. The van der Waals surface area contributed by atoms with Crippen LogP contribution >= 0.6 is 11.8 Å². The van der Waals surface area contributed by atoms with Gasteiger partial charge in [-0.3, -0.25) is 4.79 Å². The van der Waals surface area contributed by atoms with Gasteiger partial charge < -0.3 is 5.32 Å². The van der Waals surface area contributed by atoms with Crippen LogP contribution in [0.25, 0.3) is 0 Å². The molecule has 3 rings (SSSR count). The average molecular weight is 390 g/mol. The Balaban J connectivity index is 1.55. The number of hydrogen-bond acceptors (Lipinski definition) is 2. The number of amides is 1. The van der Waals surface area contributed by atoms with Crippen molar-refractivity contribution < 1.29 is 4.79 Å². The van der Waals surface area contributed by atoms with Crippen molar-refractivity contribution in [3.8, 4) is 0 Å². The summed E-state index contributed by atoms with van der Waals surface area (Å²) in [6.45, 7) is 6.26. The Morgan fingerprint density at radius 3 is 2.11 bits per heavy atom. The Morgan fingerprint density at radius 1 is 0.893 bits per heavy atom. The molecule has 0 aliphatic rings. The minimum atomic E-state index is -0.0372. The summed E-state index contributed by atoms with van der Waals surface area (Å²) in [5.74, 6) is 0.857. The van der Waals surface area contributed by atoms with Gasteiger partial charge in [0.15, 0.2) is 0 Å². The molecule has 0 aliphatic carbocycles. The van der Waals surface area contributed by atoms with Crippen molar-refractivity contribution in [3.63, 3.8) is 0 Å². The van der Waals surface area contributed by atoms with E-state index in [0.717, 1.165) is 17.7 Å². The summed E-state index contributed by atoms with van der Waals surface area (Å²) in [6.07, 6.45) is 1.02. The van der Waals surface area contributed by atoms with Crippen molar-refractivity contribution >= 4 is 17.7 Å². The van der Waals surface area contributed by atoms with Crippen LogP contribution in [0.1, 0.15) is 52.5 Å². The number of carbonyl (C=O) groups is 1.